The molecule has 1 aromatic carbocycles. The van der Waals surface area contributed by atoms with E-state index in [0.29, 0.717) is 5.76 Å². The summed E-state index contributed by atoms with van der Waals surface area (Å²) in [5, 5.41) is 3.02. The number of nitrogens with one attached hydrogen (secondary N) is 1. The van der Waals surface area contributed by atoms with Crippen LogP contribution >= 0.6 is 23.2 Å². The Bertz CT molecular complexity index is 807. The number of hydrogen-bond acceptors (Lipinski definition) is 4. The van der Waals surface area contributed by atoms with Crippen LogP contribution in [0, 0.1) is 0 Å². The molecule has 0 atom stereocenters. The van der Waals surface area contributed by atoms with E-state index in [0.717, 1.165) is 10.6 Å². The number of carbonyl (C=O) groups excluding carboxylic acids is 1. The van der Waals surface area contributed by atoms with Crippen LogP contribution in [0.25, 0.3) is 0 Å². The number of sulfonamides is 1. The molecule has 0 aliphatic rings. The van der Waals surface area contributed by atoms with Gasteiger partial charge in [-0.1, -0.05) is 29.3 Å². The lowest BCUT2D eigenvalue weighted by Crippen LogP contribution is -2.34. The van der Waals surface area contributed by atoms with E-state index in [1.807, 2.05) is 0 Å². The number of rotatable bonds is 7. The van der Waals surface area contributed by atoms with Gasteiger partial charge in [-0.05, 0) is 24.3 Å². The van der Waals surface area contributed by atoms with E-state index in [1.165, 1.54) is 12.3 Å². The summed E-state index contributed by atoms with van der Waals surface area (Å²) in [6.07, 6.45) is 2.52. The van der Waals surface area contributed by atoms with Crippen molar-refractivity contribution in [3.05, 3.63) is 52.4 Å². The van der Waals surface area contributed by atoms with Crippen molar-refractivity contribution in [2.24, 2.45) is 0 Å². The summed E-state index contributed by atoms with van der Waals surface area (Å²) in [6.45, 7) is 0.186. The van der Waals surface area contributed by atoms with E-state index in [9.17, 15) is 13.2 Å². The number of hydrogen-bond donors (Lipinski definition) is 1. The molecule has 1 N–H and O–H groups in total. The van der Waals surface area contributed by atoms with Crippen molar-refractivity contribution in [1.82, 2.24) is 5.32 Å². The van der Waals surface area contributed by atoms with Crippen LogP contribution in [0.2, 0.25) is 10.0 Å². The molecule has 0 bridgehead atoms. The van der Waals surface area contributed by atoms with Crippen LogP contribution in [0.1, 0.15) is 12.2 Å². The number of amides is 1. The van der Waals surface area contributed by atoms with E-state index in [2.05, 4.69) is 5.32 Å². The molecular formula is C15H16Cl2N2O4S. The maximum atomic E-state index is 12.0. The molecule has 9 heteroatoms. The van der Waals surface area contributed by atoms with Crippen molar-refractivity contribution in [3.8, 4) is 0 Å². The van der Waals surface area contributed by atoms with Crippen molar-refractivity contribution in [2.45, 2.75) is 13.0 Å². The molecule has 0 radical (unpaired) electrons. The van der Waals surface area contributed by atoms with E-state index in [-0.39, 0.29) is 41.2 Å². The first-order chi connectivity index (χ1) is 11.3. The van der Waals surface area contributed by atoms with E-state index < -0.39 is 10.0 Å². The molecule has 24 heavy (non-hydrogen) atoms. The Morgan fingerprint density at radius 2 is 2.00 bits per heavy atom. The van der Waals surface area contributed by atoms with Crippen LogP contribution in [0.5, 0.6) is 0 Å². The smallest absolute Gasteiger partial charge is 0.232 e. The fourth-order valence-electron chi connectivity index (χ4n) is 2.04. The summed E-state index contributed by atoms with van der Waals surface area (Å²) in [7, 11) is -3.62. The van der Waals surface area contributed by atoms with E-state index in [1.54, 1.807) is 24.3 Å². The van der Waals surface area contributed by atoms with Crippen LogP contribution in [0.15, 0.2) is 41.0 Å². The summed E-state index contributed by atoms with van der Waals surface area (Å²) in [6, 6.07) is 8.14. The van der Waals surface area contributed by atoms with Gasteiger partial charge in [0.15, 0.2) is 0 Å². The fraction of sp³-hybridized carbons (Fsp3) is 0.267. The molecule has 6 nitrogen and oxygen atoms in total. The van der Waals surface area contributed by atoms with E-state index in [4.69, 9.17) is 27.6 Å². The van der Waals surface area contributed by atoms with Gasteiger partial charge in [-0.25, -0.2) is 8.42 Å². The zero-order chi connectivity index (χ0) is 17.7. The minimum Gasteiger partial charge on any atom is -0.467 e. The highest BCUT2D eigenvalue weighted by Gasteiger charge is 2.22. The molecular weight excluding hydrogens is 375 g/mol. The van der Waals surface area contributed by atoms with Gasteiger partial charge in [0.2, 0.25) is 15.9 Å². The Balaban J connectivity index is 2.05. The monoisotopic (exact) mass is 390 g/mol. The topological polar surface area (TPSA) is 79.6 Å². The van der Waals surface area contributed by atoms with Gasteiger partial charge in [0, 0.05) is 13.0 Å². The van der Waals surface area contributed by atoms with Gasteiger partial charge >= 0.3 is 0 Å². The lowest BCUT2D eigenvalue weighted by atomic mass is 10.3. The summed E-state index contributed by atoms with van der Waals surface area (Å²) in [4.78, 5) is 11.9. The summed E-state index contributed by atoms with van der Waals surface area (Å²) in [5.41, 5.74) is 0.241. The Morgan fingerprint density at radius 3 is 2.62 bits per heavy atom. The second kappa shape index (κ2) is 7.92. The predicted octanol–water partition coefficient (Wildman–Crippen LogP) is 3.06. The van der Waals surface area contributed by atoms with Gasteiger partial charge in [-0.2, -0.15) is 0 Å². The first-order valence-electron chi connectivity index (χ1n) is 7.00. The van der Waals surface area contributed by atoms with Gasteiger partial charge in [0.1, 0.15) is 5.76 Å². The summed E-state index contributed by atoms with van der Waals surface area (Å²) in [5.74, 6) is 0.305. The van der Waals surface area contributed by atoms with Crippen molar-refractivity contribution in [1.29, 1.82) is 0 Å². The third-order valence-electron chi connectivity index (χ3n) is 3.18. The first-order valence-corrected chi connectivity index (χ1v) is 9.60. The summed E-state index contributed by atoms with van der Waals surface area (Å²) >= 11 is 12.0. The molecule has 0 saturated carbocycles. The second-order valence-electron chi connectivity index (χ2n) is 5.01. The molecule has 0 fully saturated rings. The predicted molar refractivity (Wildman–Crippen MR) is 93.8 cm³/mol. The highest BCUT2D eigenvalue weighted by atomic mass is 35.5. The Labute approximate surface area is 150 Å². The zero-order valence-electron chi connectivity index (χ0n) is 12.8. The lowest BCUT2D eigenvalue weighted by Gasteiger charge is -2.23. The zero-order valence-corrected chi connectivity index (χ0v) is 15.2. The van der Waals surface area contributed by atoms with Crippen LogP contribution in [-0.4, -0.2) is 27.1 Å². The molecule has 0 unspecified atom stereocenters. The Morgan fingerprint density at radius 1 is 1.25 bits per heavy atom. The third kappa shape index (κ3) is 4.90. The molecule has 0 aliphatic carbocycles. The maximum Gasteiger partial charge on any atom is 0.232 e. The normalized spacial score (nSPS) is 11.3. The standard InChI is InChI=1S/C15H16Cl2N2O4S/c1-24(21,22)19(13-6-2-5-12(16)15(13)17)8-7-14(20)18-10-11-4-3-9-23-11/h2-6,9H,7-8,10H2,1H3,(H,18,20). The molecule has 0 aliphatic heterocycles. The van der Waals surface area contributed by atoms with Gasteiger partial charge in [-0.15, -0.1) is 0 Å². The minimum absolute atomic E-state index is 0.0311. The molecule has 1 aromatic heterocycles. The largest absolute Gasteiger partial charge is 0.467 e. The van der Waals surface area contributed by atoms with Crippen LogP contribution in [0.3, 0.4) is 0 Å². The highest BCUT2D eigenvalue weighted by molar-refractivity contribution is 7.92. The molecule has 130 valence electrons. The van der Waals surface area contributed by atoms with Gasteiger partial charge in [0.05, 0.1) is 34.8 Å². The molecule has 0 spiro atoms. The number of nitrogens with zero attached hydrogens (tertiary/aromatic N) is 1. The summed E-state index contributed by atoms with van der Waals surface area (Å²) < 4.78 is 30.2. The number of carbonyl (C=O) groups is 1. The molecule has 1 heterocycles. The SMILES string of the molecule is CS(=O)(=O)N(CCC(=O)NCc1ccco1)c1cccc(Cl)c1Cl. The minimum atomic E-state index is -3.62. The Kier molecular flexibility index (Phi) is 6.15. The Hall–Kier alpha value is -1.70. The number of benzene rings is 1. The third-order valence-corrected chi connectivity index (χ3v) is 5.17. The van der Waals surface area contributed by atoms with Crippen LogP contribution < -0.4 is 9.62 Å². The second-order valence-corrected chi connectivity index (χ2v) is 7.71. The van der Waals surface area contributed by atoms with E-state index >= 15 is 0 Å². The number of halogens is 2. The molecule has 2 rings (SSSR count). The lowest BCUT2D eigenvalue weighted by molar-refractivity contribution is -0.121. The average molecular weight is 391 g/mol. The van der Waals surface area contributed by atoms with Gasteiger partial charge < -0.3 is 9.73 Å². The van der Waals surface area contributed by atoms with Gasteiger partial charge in [-0.3, -0.25) is 9.10 Å². The first kappa shape index (κ1) is 18.6. The molecule has 2 aromatic rings. The average Bonchev–Trinajstić information content (AvgIpc) is 3.01. The fourth-order valence-corrected chi connectivity index (χ4v) is 3.42. The highest BCUT2D eigenvalue weighted by Crippen LogP contribution is 2.33. The van der Waals surface area contributed by atoms with Gasteiger partial charge in [0.25, 0.3) is 0 Å². The van der Waals surface area contributed by atoms with Crippen molar-refractivity contribution in [2.75, 3.05) is 17.1 Å². The van der Waals surface area contributed by atoms with Crippen LogP contribution in [0.4, 0.5) is 5.69 Å². The van der Waals surface area contributed by atoms with Crippen LogP contribution in [-0.2, 0) is 21.4 Å². The quantitative estimate of drug-likeness (QED) is 0.787. The van der Waals surface area contributed by atoms with Crippen molar-refractivity contribution < 1.29 is 17.6 Å². The molecule has 1 amide bonds. The van der Waals surface area contributed by atoms with Crippen molar-refractivity contribution >= 4 is 44.8 Å². The number of anilines is 1. The van der Waals surface area contributed by atoms with Crippen molar-refractivity contribution in [3.63, 3.8) is 0 Å². The number of furan rings is 1. The maximum absolute atomic E-state index is 12.0. The molecule has 0 saturated heterocycles.